The van der Waals surface area contributed by atoms with Gasteiger partial charge in [-0.05, 0) is 36.4 Å². The Morgan fingerprint density at radius 1 is 0.800 bits per heavy atom. The Kier molecular flexibility index (Phi) is 3.89. The van der Waals surface area contributed by atoms with Crippen molar-refractivity contribution in [2.75, 3.05) is 0 Å². The third-order valence-corrected chi connectivity index (χ3v) is 5.60. The van der Waals surface area contributed by atoms with E-state index in [-0.39, 0.29) is 21.2 Å². The summed E-state index contributed by atoms with van der Waals surface area (Å²) in [5.41, 5.74) is 0. The van der Waals surface area contributed by atoms with Gasteiger partial charge in [-0.15, -0.1) is 0 Å². The Morgan fingerprint density at radius 3 is 2.13 bits per heavy atom. The molecule has 0 bridgehead atoms. The van der Waals surface area contributed by atoms with Crippen molar-refractivity contribution in [1.29, 1.82) is 0 Å². The van der Waals surface area contributed by atoms with Crippen LogP contribution in [0.5, 0.6) is 0 Å². The predicted molar refractivity (Wildman–Crippen MR) is 60.3 cm³/mol. The lowest BCUT2D eigenvalue weighted by Gasteiger charge is -1.90. The molecule has 0 aromatic heterocycles. The van der Waals surface area contributed by atoms with E-state index in [9.17, 15) is 0 Å². The Hall–Kier alpha value is -0.250. The zero-order valence-electron chi connectivity index (χ0n) is 7.75. The second-order valence-corrected chi connectivity index (χ2v) is 6.74. The van der Waals surface area contributed by atoms with E-state index in [1.807, 2.05) is 30.3 Å². The third-order valence-electron chi connectivity index (χ3n) is 1.84. The van der Waals surface area contributed by atoms with E-state index in [1.54, 1.807) is 0 Å². The minimum absolute atomic E-state index is 0.196. The maximum Gasteiger partial charge on any atom is 0.359 e. The summed E-state index contributed by atoms with van der Waals surface area (Å²) in [4.78, 5) is 0. The van der Waals surface area contributed by atoms with Crippen LogP contribution in [0.25, 0.3) is 0 Å². The number of benzene rings is 2. The van der Waals surface area contributed by atoms with Crippen LogP contribution >= 0.6 is 23.2 Å². The van der Waals surface area contributed by atoms with Crippen LogP contribution < -0.4 is 21.2 Å². The van der Waals surface area contributed by atoms with Crippen molar-refractivity contribution in [1.82, 2.24) is 0 Å². The van der Waals surface area contributed by atoms with Gasteiger partial charge in [0, 0.05) is 5.02 Å². The minimum Gasteiger partial charge on any atom is -0.0843 e. The molecule has 0 fully saturated rings. The van der Waals surface area contributed by atoms with Crippen LogP contribution in [0.2, 0.25) is 10.0 Å². The number of hydrogen-bond donors (Lipinski definition) is 0. The maximum atomic E-state index is 6.11. The lowest BCUT2D eigenvalue weighted by Crippen LogP contribution is -3.61. The second-order valence-electron chi connectivity index (χ2n) is 2.95. The first-order chi connectivity index (χ1) is 7.25. The highest BCUT2D eigenvalue weighted by molar-refractivity contribution is 6.30. The smallest absolute Gasteiger partial charge is 0.0843 e. The average Bonchev–Trinajstić information content (AvgIpc) is 2.25. The summed E-state index contributed by atoms with van der Waals surface area (Å²) >= 11 is 11.7. The summed E-state index contributed by atoms with van der Waals surface area (Å²) in [6.07, 6.45) is 0. The zero-order valence-corrected chi connectivity index (χ0v) is 11.4. The molecule has 0 unspecified atom stereocenters. The first-order valence-corrected chi connectivity index (χ1v) is 7.32. The summed E-state index contributed by atoms with van der Waals surface area (Å²) in [5.74, 6) is 0. The molecule has 3 heteroatoms. The van der Waals surface area contributed by atoms with Gasteiger partial charge in [0.25, 0.3) is 0 Å². The fourth-order valence-electron chi connectivity index (χ4n) is 1.13. The van der Waals surface area contributed by atoms with Crippen molar-refractivity contribution in [3.05, 3.63) is 65.7 Å². The van der Waals surface area contributed by atoms with Crippen LogP contribution in [-0.2, 0) is 0 Å². The SMILES string of the molecule is Clc1ccc([I+]c2ccccc2Cl)cc1. The van der Waals surface area contributed by atoms with Crippen molar-refractivity contribution >= 4 is 23.2 Å². The van der Waals surface area contributed by atoms with Gasteiger partial charge in [-0.2, -0.15) is 0 Å². The van der Waals surface area contributed by atoms with Crippen molar-refractivity contribution in [2.45, 2.75) is 0 Å². The van der Waals surface area contributed by atoms with E-state index < -0.39 is 0 Å². The monoisotopic (exact) mass is 349 g/mol. The summed E-state index contributed by atoms with van der Waals surface area (Å²) in [6.45, 7) is 0. The van der Waals surface area contributed by atoms with Gasteiger partial charge in [-0.3, -0.25) is 0 Å². The number of rotatable bonds is 2. The van der Waals surface area contributed by atoms with Crippen molar-refractivity contribution in [3.8, 4) is 0 Å². The van der Waals surface area contributed by atoms with Gasteiger partial charge in [0.15, 0.2) is 3.57 Å². The molecule has 0 aliphatic carbocycles. The Morgan fingerprint density at radius 2 is 1.47 bits per heavy atom. The van der Waals surface area contributed by atoms with E-state index in [1.165, 1.54) is 7.14 Å². The molecule has 15 heavy (non-hydrogen) atoms. The Labute approximate surface area is 109 Å². The molecule has 76 valence electrons. The predicted octanol–water partition coefficient (Wildman–Crippen LogP) is 1.12. The molecule has 0 radical (unpaired) electrons. The summed E-state index contributed by atoms with van der Waals surface area (Å²) < 4.78 is 2.58. The number of halogens is 3. The summed E-state index contributed by atoms with van der Waals surface area (Å²) in [6, 6.07) is 16.0. The van der Waals surface area contributed by atoms with Gasteiger partial charge in [0.05, 0.1) is 5.02 Å². The molecule has 2 rings (SSSR count). The lowest BCUT2D eigenvalue weighted by molar-refractivity contribution is -0.597. The Balaban J connectivity index is 2.22. The quantitative estimate of drug-likeness (QED) is 0.713. The second kappa shape index (κ2) is 5.19. The molecule has 0 N–H and O–H groups in total. The van der Waals surface area contributed by atoms with Gasteiger partial charge in [0.1, 0.15) is 0 Å². The van der Waals surface area contributed by atoms with Gasteiger partial charge in [-0.1, -0.05) is 35.3 Å². The molecule has 2 aromatic carbocycles. The fourth-order valence-corrected chi connectivity index (χ4v) is 3.84. The van der Waals surface area contributed by atoms with Crippen LogP contribution in [0.1, 0.15) is 0 Å². The zero-order chi connectivity index (χ0) is 10.7. The fraction of sp³-hybridized carbons (Fsp3) is 0. The molecule has 0 saturated carbocycles. The van der Waals surface area contributed by atoms with Gasteiger partial charge >= 0.3 is 21.2 Å². The normalized spacial score (nSPS) is 10.3. The number of hydrogen-bond acceptors (Lipinski definition) is 0. The molecular weight excluding hydrogens is 342 g/mol. The van der Waals surface area contributed by atoms with Gasteiger partial charge in [-0.25, -0.2) is 0 Å². The van der Waals surface area contributed by atoms with Crippen LogP contribution in [0, 0.1) is 7.14 Å². The third kappa shape index (κ3) is 3.10. The topological polar surface area (TPSA) is 0 Å². The van der Waals surface area contributed by atoms with E-state index in [4.69, 9.17) is 23.2 Å². The first-order valence-electron chi connectivity index (χ1n) is 4.40. The van der Waals surface area contributed by atoms with Gasteiger partial charge < -0.3 is 0 Å². The lowest BCUT2D eigenvalue weighted by atomic mass is 10.4. The molecule has 0 spiro atoms. The van der Waals surface area contributed by atoms with Crippen molar-refractivity contribution in [3.63, 3.8) is 0 Å². The molecule has 0 aliphatic rings. The van der Waals surface area contributed by atoms with Crippen LogP contribution in [-0.4, -0.2) is 0 Å². The van der Waals surface area contributed by atoms with E-state index in [2.05, 4.69) is 18.2 Å². The van der Waals surface area contributed by atoms with E-state index in [0.717, 1.165) is 10.0 Å². The molecule has 0 aliphatic heterocycles. The summed E-state index contributed by atoms with van der Waals surface area (Å²) in [5, 5.41) is 1.64. The minimum atomic E-state index is -0.196. The van der Waals surface area contributed by atoms with Crippen LogP contribution in [0.3, 0.4) is 0 Å². The maximum absolute atomic E-state index is 6.11. The molecule has 0 atom stereocenters. The molecule has 0 saturated heterocycles. The Bertz CT molecular complexity index is 451. The summed E-state index contributed by atoms with van der Waals surface area (Å²) in [7, 11) is 0. The highest BCUT2D eigenvalue weighted by Gasteiger charge is 2.18. The molecule has 0 nitrogen and oxygen atoms in total. The molecular formula is C12H8Cl2I+. The van der Waals surface area contributed by atoms with E-state index in [0.29, 0.717) is 0 Å². The average molecular weight is 350 g/mol. The highest BCUT2D eigenvalue weighted by atomic mass is 127. The van der Waals surface area contributed by atoms with Crippen LogP contribution in [0.15, 0.2) is 48.5 Å². The largest absolute Gasteiger partial charge is 0.359 e. The van der Waals surface area contributed by atoms with Crippen molar-refractivity contribution < 1.29 is 21.2 Å². The standard InChI is InChI=1S/C12H8Cl2I/c13-9-5-7-10(8-6-9)15-12-4-2-1-3-11(12)14/h1-8H/q+1. The molecule has 0 heterocycles. The first kappa shape index (κ1) is 11.2. The van der Waals surface area contributed by atoms with E-state index >= 15 is 0 Å². The molecule has 2 aromatic rings. The molecule has 0 amide bonds. The van der Waals surface area contributed by atoms with Crippen LogP contribution in [0.4, 0.5) is 0 Å². The van der Waals surface area contributed by atoms with Gasteiger partial charge in [0.2, 0.25) is 3.57 Å². The highest BCUT2D eigenvalue weighted by Crippen LogP contribution is 2.06. The van der Waals surface area contributed by atoms with Crippen molar-refractivity contribution in [2.24, 2.45) is 0 Å².